The minimum Gasteiger partial charge on any atom is -0.454 e. The fourth-order valence-corrected chi connectivity index (χ4v) is 3.21. The van der Waals surface area contributed by atoms with Crippen LogP contribution in [0.3, 0.4) is 0 Å². The Labute approximate surface area is 187 Å². The Morgan fingerprint density at radius 1 is 0.750 bits per heavy atom. The van der Waals surface area contributed by atoms with Crippen LogP contribution in [0.4, 0.5) is 0 Å². The van der Waals surface area contributed by atoms with Crippen molar-refractivity contribution in [3.63, 3.8) is 0 Å². The molecule has 4 aromatic rings. The zero-order chi connectivity index (χ0) is 22.7. The number of hydrogen-bond acceptors (Lipinski definition) is 5. The number of nitrogens with zero attached hydrogens (tertiary/aromatic N) is 2. The Bertz CT molecular complexity index is 1280. The lowest BCUT2D eigenvalue weighted by atomic mass is 9.91. The highest BCUT2D eigenvalue weighted by molar-refractivity contribution is 5.96. The Morgan fingerprint density at radius 3 is 1.81 bits per heavy atom. The number of hydrogen-bond donors (Lipinski definition) is 0. The van der Waals surface area contributed by atoms with Gasteiger partial charge < -0.3 is 4.74 Å². The number of carbonyl (C=O) groups is 2. The Hall–Kier alpha value is -3.86. The van der Waals surface area contributed by atoms with E-state index in [9.17, 15) is 9.59 Å². The van der Waals surface area contributed by atoms with Crippen molar-refractivity contribution in [2.45, 2.75) is 20.8 Å². The van der Waals surface area contributed by atoms with E-state index in [2.05, 4.69) is 0 Å². The van der Waals surface area contributed by atoms with Gasteiger partial charge in [0.05, 0.1) is 28.0 Å². The van der Waals surface area contributed by atoms with Gasteiger partial charge in [0.15, 0.2) is 12.4 Å². The maximum atomic E-state index is 12.5. The van der Waals surface area contributed by atoms with E-state index in [4.69, 9.17) is 14.7 Å². The van der Waals surface area contributed by atoms with E-state index in [0.29, 0.717) is 16.6 Å². The van der Waals surface area contributed by atoms with Crippen molar-refractivity contribution < 1.29 is 14.3 Å². The summed E-state index contributed by atoms with van der Waals surface area (Å²) in [5, 5.41) is 0. The monoisotopic (exact) mass is 424 g/mol. The number of carbonyl (C=O) groups excluding carboxylic acids is 2. The largest absolute Gasteiger partial charge is 0.454 e. The number of rotatable bonds is 5. The van der Waals surface area contributed by atoms with E-state index >= 15 is 0 Å². The predicted molar refractivity (Wildman–Crippen MR) is 125 cm³/mol. The third-order valence-electron chi connectivity index (χ3n) is 5.17. The van der Waals surface area contributed by atoms with E-state index in [0.717, 1.165) is 22.5 Å². The van der Waals surface area contributed by atoms with Gasteiger partial charge in [-0.3, -0.25) is 4.79 Å². The SMILES string of the molecule is CC(C)(C)C(=O)COC(=O)c1ccc2nc(-c3ccccc3)c(-c3ccccc3)nc2c1. The molecule has 160 valence electrons. The summed E-state index contributed by atoms with van der Waals surface area (Å²) in [6.45, 7) is 5.13. The van der Waals surface area contributed by atoms with Gasteiger partial charge in [-0.05, 0) is 18.2 Å². The molecule has 0 saturated carbocycles. The quantitative estimate of drug-likeness (QED) is 0.382. The molecule has 3 aromatic carbocycles. The third kappa shape index (κ3) is 4.57. The number of aromatic nitrogens is 2. The van der Waals surface area contributed by atoms with Gasteiger partial charge in [-0.1, -0.05) is 81.4 Å². The van der Waals surface area contributed by atoms with E-state index in [-0.39, 0.29) is 12.4 Å². The Morgan fingerprint density at radius 2 is 1.28 bits per heavy atom. The van der Waals surface area contributed by atoms with Crippen LogP contribution in [0.5, 0.6) is 0 Å². The number of ketones is 1. The summed E-state index contributed by atoms with van der Waals surface area (Å²) in [6, 6.07) is 24.8. The zero-order valence-corrected chi connectivity index (χ0v) is 18.3. The summed E-state index contributed by atoms with van der Waals surface area (Å²) >= 11 is 0. The second-order valence-electron chi connectivity index (χ2n) is 8.61. The van der Waals surface area contributed by atoms with Gasteiger partial charge >= 0.3 is 5.97 Å². The standard InChI is InChI=1S/C27H24N2O3/c1-27(2,3)23(30)17-32-26(31)20-14-15-21-22(16-20)29-25(19-12-8-5-9-13-19)24(28-21)18-10-6-4-7-11-18/h4-16H,17H2,1-3H3. The molecular formula is C27H24N2O3. The van der Waals surface area contributed by atoms with Gasteiger partial charge in [0.25, 0.3) is 0 Å². The second-order valence-corrected chi connectivity index (χ2v) is 8.61. The van der Waals surface area contributed by atoms with Crippen LogP contribution < -0.4 is 0 Å². The van der Waals surface area contributed by atoms with Crippen LogP contribution in [0.2, 0.25) is 0 Å². The first-order valence-electron chi connectivity index (χ1n) is 10.5. The van der Waals surface area contributed by atoms with Crippen LogP contribution in [0, 0.1) is 5.41 Å². The van der Waals surface area contributed by atoms with E-state index in [1.165, 1.54) is 0 Å². The zero-order valence-electron chi connectivity index (χ0n) is 18.3. The fourth-order valence-electron chi connectivity index (χ4n) is 3.21. The third-order valence-corrected chi connectivity index (χ3v) is 5.17. The first-order valence-corrected chi connectivity index (χ1v) is 10.5. The van der Waals surface area contributed by atoms with Crippen molar-refractivity contribution in [3.05, 3.63) is 84.4 Å². The smallest absolute Gasteiger partial charge is 0.338 e. The first-order chi connectivity index (χ1) is 15.3. The van der Waals surface area contributed by atoms with Gasteiger partial charge in [-0.15, -0.1) is 0 Å². The molecule has 0 fully saturated rings. The van der Waals surface area contributed by atoms with Gasteiger partial charge in [0, 0.05) is 16.5 Å². The minimum atomic E-state index is -0.562. The molecule has 5 nitrogen and oxygen atoms in total. The number of benzene rings is 3. The maximum Gasteiger partial charge on any atom is 0.338 e. The van der Waals surface area contributed by atoms with Gasteiger partial charge in [0.2, 0.25) is 0 Å². The van der Waals surface area contributed by atoms with Crippen LogP contribution in [0.1, 0.15) is 31.1 Å². The van der Waals surface area contributed by atoms with Crippen molar-refractivity contribution in [2.75, 3.05) is 6.61 Å². The summed E-state index contributed by atoms with van der Waals surface area (Å²) in [4.78, 5) is 34.3. The highest BCUT2D eigenvalue weighted by atomic mass is 16.5. The predicted octanol–water partition coefficient (Wildman–Crippen LogP) is 5.74. The molecule has 0 unspecified atom stereocenters. The van der Waals surface area contributed by atoms with Crippen LogP contribution >= 0.6 is 0 Å². The summed E-state index contributed by atoms with van der Waals surface area (Å²) in [6.07, 6.45) is 0. The molecule has 0 aliphatic rings. The molecule has 0 amide bonds. The highest BCUT2D eigenvalue weighted by Gasteiger charge is 2.23. The molecular weight excluding hydrogens is 400 g/mol. The number of Topliss-reactive ketones (excluding diaryl/α,β-unsaturated/α-hetero) is 1. The van der Waals surface area contributed by atoms with Gasteiger partial charge in [0.1, 0.15) is 0 Å². The molecule has 5 heteroatoms. The molecule has 32 heavy (non-hydrogen) atoms. The number of fused-ring (bicyclic) bond motifs is 1. The first kappa shape index (κ1) is 21.4. The lowest BCUT2D eigenvalue weighted by Gasteiger charge is -2.16. The van der Waals surface area contributed by atoms with Crippen molar-refractivity contribution in [1.82, 2.24) is 9.97 Å². The summed E-state index contributed by atoms with van der Waals surface area (Å²) in [5.74, 6) is -0.690. The molecule has 4 rings (SSSR count). The lowest BCUT2D eigenvalue weighted by molar-refractivity contribution is -0.129. The summed E-state index contributed by atoms with van der Waals surface area (Å²) in [7, 11) is 0. The van der Waals surface area contributed by atoms with Gasteiger partial charge in [-0.25, -0.2) is 14.8 Å². The fraction of sp³-hybridized carbons (Fsp3) is 0.185. The average Bonchev–Trinajstić information content (AvgIpc) is 2.81. The van der Waals surface area contributed by atoms with Crippen molar-refractivity contribution in [3.8, 4) is 22.5 Å². The van der Waals surface area contributed by atoms with E-state index in [1.54, 1.807) is 39.0 Å². The molecule has 0 N–H and O–H groups in total. The lowest BCUT2D eigenvalue weighted by Crippen LogP contribution is -2.26. The summed E-state index contributed by atoms with van der Waals surface area (Å²) < 4.78 is 5.24. The Kier molecular flexibility index (Phi) is 5.82. The minimum absolute atomic E-state index is 0.134. The highest BCUT2D eigenvalue weighted by Crippen LogP contribution is 2.31. The molecule has 0 aliphatic heterocycles. The maximum absolute atomic E-state index is 12.5. The van der Waals surface area contributed by atoms with Crippen LogP contribution in [0.25, 0.3) is 33.5 Å². The van der Waals surface area contributed by atoms with Crippen molar-refractivity contribution in [1.29, 1.82) is 0 Å². The average molecular weight is 425 g/mol. The number of esters is 1. The van der Waals surface area contributed by atoms with Crippen LogP contribution in [-0.2, 0) is 9.53 Å². The molecule has 0 aliphatic carbocycles. The van der Waals surface area contributed by atoms with E-state index < -0.39 is 11.4 Å². The molecule has 0 atom stereocenters. The topological polar surface area (TPSA) is 69.2 Å². The molecule has 0 spiro atoms. The van der Waals surface area contributed by atoms with Gasteiger partial charge in [-0.2, -0.15) is 0 Å². The Balaban J connectivity index is 1.74. The molecule has 0 radical (unpaired) electrons. The summed E-state index contributed by atoms with van der Waals surface area (Å²) in [5.41, 5.74) is 4.43. The molecule has 0 saturated heterocycles. The molecule has 1 heterocycles. The van der Waals surface area contributed by atoms with E-state index in [1.807, 2.05) is 60.7 Å². The normalized spacial score (nSPS) is 11.3. The second kappa shape index (κ2) is 8.71. The van der Waals surface area contributed by atoms with Crippen molar-refractivity contribution >= 4 is 22.8 Å². The molecule has 0 bridgehead atoms. The van der Waals surface area contributed by atoms with Crippen LogP contribution in [-0.4, -0.2) is 28.3 Å². The molecule has 1 aromatic heterocycles. The number of ether oxygens (including phenoxy) is 1. The van der Waals surface area contributed by atoms with Crippen molar-refractivity contribution in [2.24, 2.45) is 5.41 Å². The van der Waals surface area contributed by atoms with Crippen LogP contribution in [0.15, 0.2) is 78.9 Å².